The van der Waals surface area contributed by atoms with Crippen LogP contribution in [0.15, 0.2) is 18.2 Å². The van der Waals surface area contributed by atoms with Crippen molar-refractivity contribution in [1.82, 2.24) is 9.80 Å². The first-order valence-electron chi connectivity index (χ1n) is 7.43. The van der Waals surface area contributed by atoms with Crippen molar-refractivity contribution in [3.63, 3.8) is 0 Å². The summed E-state index contributed by atoms with van der Waals surface area (Å²) < 4.78 is 13.8. The summed E-state index contributed by atoms with van der Waals surface area (Å²) in [5.74, 6) is -0.258. The van der Waals surface area contributed by atoms with E-state index in [1.807, 2.05) is 7.05 Å². The molecule has 2 aliphatic rings. The molecule has 1 aromatic rings. The Morgan fingerprint density at radius 3 is 2.95 bits per heavy atom. The van der Waals surface area contributed by atoms with Crippen LogP contribution in [0, 0.1) is 11.7 Å². The van der Waals surface area contributed by atoms with Crippen LogP contribution in [0.5, 0.6) is 0 Å². The minimum Gasteiger partial charge on any atom is -0.342 e. The molecular formula is C16H18ClFN2O2. The number of carbonyl (C=O) groups is 2. The van der Waals surface area contributed by atoms with E-state index in [1.54, 1.807) is 15.9 Å². The van der Waals surface area contributed by atoms with Crippen LogP contribution in [-0.4, -0.2) is 47.8 Å². The molecule has 2 aliphatic heterocycles. The molecule has 2 atom stereocenters. The summed E-state index contributed by atoms with van der Waals surface area (Å²) in [6, 6.07) is 4.65. The fraction of sp³-hybridized carbons (Fsp3) is 0.500. The molecule has 118 valence electrons. The maximum absolute atomic E-state index is 13.8. The molecule has 0 saturated carbocycles. The Labute approximate surface area is 133 Å². The minimum atomic E-state index is -0.452. The van der Waals surface area contributed by atoms with Crippen molar-refractivity contribution < 1.29 is 14.0 Å². The molecule has 2 saturated heterocycles. The van der Waals surface area contributed by atoms with Crippen LogP contribution in [0.1, 0.15) is 18.4 Å². The molecule has 0 bridgehead atoms. The highest BCUT2D eigenvalue weighted by Gasteiger charge is 2.41. The quantitative estimate of drug-likeness (QED) is 0.836. The summed E-state index contributed by atoms with van der Waals surface area (Å²) in [4.78, 5) is 27.7. The molecule has 4 nitrogen and oxygen atoms in total. The molecule has 2 fully saturated rings. The van der Waals surface area contributed by atoms with E-state index < -0.39 is 5.82 Å². The normalized spacial score (nSPS) is 24.6. The first-order chi connectivity index (χ1) is 10.5. The highest BCUT2D eigenvalue weighted by Crippen LogP contribution is 2.31. The Hall–Kier alpha value is -1.62. The van der Waals surface area contributed by atoms with Gasteiger partial charge >= 0.3 is 0 Å². The second kappa shape index (κ2) is 5.88. The smallest absolute Gasteiger partial charge is 0.227 e. The number of rotatable bonds is 2. The third-order valence-corrected chi connectivity index (χ3v) is 5.12. The van der Waals surface area contributed by atoms with Crippen LogP contribution in [0.2, 0.25) is 5.02 Å². The van der Waals surface area contributed by atoms with E-state index in [0.717, 1.165) is 6.42 Å². The van der Waals surface area contributed by atoms with E-state index in [-0.39, 0.29) is 40.8 Å². The number of nitrogens with zero attached hydrogens (tertiary/aromatic N) is 2. The molecule has 2 amide bonds. The van der Waals surface area contributed by atoms with Gasteiger partial charge in [0.05, 0.1) is 6.42 Å². The van der Waals surface area contributed by atoms with Crippen molar-refractivity contribution in [3.8, 4) is 0 Å². The third-order valence-electron chi connectivity index (χ3n) is 4.76. The van der Waals surface area contributed by atoms with Gasteiger partial charge in [0.1, 0.15) is 5.82 Å². The number of amides is 2. The van der Waals surface area contributed by atoms with Crippen molar-refractivity contribution in [2.75, 3.05) is 20.1 Å². The molecular weight excluding hydrogens is 307 g/mol. The Morgan fingerprint density at radius 2 is 2.23 bits per heavy atom. The molecule has 0 N–H and O–H groups in total. The molecule has 0 radical (unpaired) electrons. The number of likely N-dealkylation sites (tertiary alicyclic amines) is 2. The standard InChI is InChI=1S/C16H18ClFN2O2/c1-19-14-5-6-20(9-10(14)7-15(19)21)16(22)8-11-12(17)3-2-4-13(11)18/h2-4,10,14H,5-9H2,1H3/t10-,14+/m1/s1. The van der Waals surface area contributed by atoms with Gasteiger partial charge in [-0.05, 0) is 18.6 Å². The topological polar surface area (TPSA) is 40.6 Å². The number of hydrogen-bond acceptors (Lipinski definition) is 2. The van der Waals surface area contributed by atoms with Crippen LogP contribution in [0.3, 0.4) is 0 Å². The molecule has 3 rings (SSSR count). The van der Waals surface area contributed by atoms with Gasteiger partial charge in [-0.1, -0.05) is 17.7 Å². The van der Waals surface area contributed by atoms with Gasteiger partial charge in [-0.25, -0.2) is 4.39 Å². The molecule has 1 aromatic carbocycles. The first-order valence-corrected chi connectivity index (χ1v) is 7.81. The van der Waals surface area contributed by atoms with Crippen molar-refractivity contribution >= 4 is 23.4 Å². The lowest BCUT2D eigenvalue weighted by Crippen LogP contribution is -2.47. The zero-order chi connectivity index (χ0) is 15.9. The average Bonchev–Trinajstić information content (AvgIpc) is 2.77. The molecule has 22 heavy (non-hydrogen) atoms. The number of fused-ring (bicyclic) bond motifs is 1. The number of carbonyl (C=O) groups excluding carboxylic acids is 2. The largest absolute Gasteiger partial charge is 0.342 e. The Balaban J connectivity index is 1.68. The van der Waals surface area contributed by atoms with Gasteiger partial charge < -0.3 is 9.80 Å². The highest BCUT2D eigenvalue weighted by atomic mass is 35.5. The number of benzene rings is 1. The predicted octanol–water partition coefficient (Wildman–Crippen LogP) is 2.10. The van der Waals surface area contributed by atoms with Gasteiger partial charge in [0.15, 0.2) is 0 Å². The predicted molar refractivity (Wildman–Crippen MR) is 81.0 cm³/mol. The van der Waals surface area contributed by atoms with Gasteiger partial charge in [0.25, 0.3) is 0 Å². The maximum Gasteiger partial charge on any atom is 0.227 e. The van der Waals surface area contributed by atoms with E-state index in [1.165, 1.54) is 12.1 Å². The molecule has 0 aromatic heterocycles. The molecule has 0 aliphatic carbocycles. The lowest BCUT2D eigenvalue weighted by Gasteiger charge is -2.36. The zero-order valence-electron chi connectivity index (χ0n) is 12.4. The van der Waals surface area contributed by atoms with Gasteiger partial charge in [-0.15, -0.1) is 0 Å². The summed E-state index contributed by atoms with van der Waals surface area (Å²) in [7, 11) is 1.82. The lowest BCUT2D eigenvalue weighted by atomic mass is 9.92. The van der Waals surface area contributed by atoms with E-state index >= 15 is 0 Å². The molecule has 0 unspecified atom stereocenters. The number of halogens is 2. The van der Waals surface area contributed by atoms with Crippen LogP contribution < -0.4 is 0 Å². The molecule has 2 heterocycles. The molecule has 0 spiro atoms. The summed E-state index contributed by atoms with van der Waals surface area (Å²) in [5, 5.41) is 0.277. The minimum absolute atomic E-state index is 0.0350. The maximum atomic E-state index is 13.8. The van der Waals surface area contributed by atoms with Crippen molar-refractivity contribution in [1.29, 1.82) is 0 Å². The highest BCUT2D eigenvalue weighted by molar-refractivity contribution is 6.31. The fourth-order valence-corrected chi connectivity index (χ4v) is 3.70. The number of hydrogen-bond donors (Lipinski definition) is 0. The number of piperidine rings is 1. The van der Waals surface area contributed by atoms with E-state index in [0.29, 0.717) is 19.5 Å². The Bertz CT molecular complexity index is 602. The van der Waals surface area contributed by atoms with Crippen LogP contribution in [-0.2, 0) is 16.0 Å². The van der Waals surface area contributed by atoms with Gasteiger partial charge in [-0.3, -0.25) is 9.59 Å². The lowest BCUT2D eigenvalue weighted by molar-refractivity contribution is -0.132. The summed E-state index contributed by atoms with van der Waals surface area (Å²) in [6.45, 7) is 1.16. The first kappa shape index (κ1) is 15.3. The van der Waals surface area contributed by atoms with Crippen LogP contribution in [0.4, 0.5) is 4.39 Å². The monoisotopic (exact) mass is 324 g/mol. The van der Waals surface area contributed by atoms with Gasteiger partial charge in [-0.2, -0.15) is 0 Å². The Kier molecular flexibility index (Phi) is 4.08. The SMILES string of the molecule is CN1C(=O)C[C@@H]2CN(C(=O)Cc3c(F)cccc3Cl)CC[C@@H]21. The molecule has 6 heteroatoms. The summed E-state index contributed by atoms with van der Waals surface area (Å²) in [6.07, 6.45) is 1.24. The second-order valence-corrected chi connectivity index (χ2v) is 6.45. The van der Waals surface area contributed by atoms with Crippen molar-refractivity contribution in [2.45, 2.75) is 25.3 Å². The summed E-state index contributed by atoms with van der Waals surface area (Å²) in [5.41, 5.74) is 0.246. The zero-order valence-corrected chi connectivity index (χ0v) is 13.1. The van der Waals surface area contributed by atoms with Gasteiger partial charge in [0, 0.05) is 49.1 Å². The van der Waals surface area contributed by atoms with Crippen LogP contribution in [0.25, 0.3) is 0 Å². The Morgan fingerprint density at radius 1 is 1.45 bits per heavy atom. The van der Waals surface area contributed by atoms with Crippen molar-refractivity contribution in [3.05, 3.63) is 34.6 Å². The van der Waals surface area contributed by atoms with E-state index in [9.17, 15) is 14.0 Å². The van der Waals surface area contributed by atoms with E-state index in [2.05, 4.69) is 0 Å². The van der Waals surface area contributed by atoms with Crippen LogP contribution >= 0.6 is 11.6 Å². The van der Waals surface area contributed by atoms with E-state index in [4.69, 9.17) is 11.6 Å². The second-order valence-electron chi connectivity index (χ2n) is 6.04. The third kappa shape index (κ3) is 2.70. The van der Waals surface area contributed by atoms with Crippen molar-refractivity contribution in [2.24, 2.45) is 5.92 Å². The fourth-order valence-electron chi connectivity index (χ4n) is 3.47. The van der Waals surface area contributed by atoms with Gasteiger partial charge in [0.2, 0.25) is 11.8 Å². The average molecular weight is 325 g/mol. The summed E-state index contributed by atoms with van der Waals surface area (Å²) >= 11 is 5.98.